The van der Waals surface area contributed by atoms with E-state index in [0.29, 0.717) is 19.4 Å². The molecule has 0 heterocycles. The van der Waals surface area contributed by atoms with Crippen molar-refractivity contribution in [3.63, 3.8) is 0 Å². The molecule has 0 amide bonds. The maximum Gasteiger partial charge on any atom is 0.319 e. The Hall–Kier alpha value is -0.380. The molecule has 0 spiro atoms. The highest BCUT2D eigenvalue weighted by Crippen LogP contribution is 2.24. The third kappa shape index (κ3) is 6.66. The van der Waals surface area contributed by atoms with Gasteiger partial charge >= 0.3 is 14.2 Å². The zero-order valence-electron chi connectivity index (χ0n) is 9.45. The second-order valence-electron chi connectivity index (χ2n) is 2.95. The lowest BCUT2D eigenvalue weighted by atomic mass is 10.0. The first-order chi connectivity index (χ1) is 7.15. The second kappa shape index (κ2) is 8.89. The van der Waals surface area contributed by atoms with Crippen LogP contribution in [0.25, 0.3) is 0 Å². The molecule has 0 aliphatic rings. The number of methoxy groups -OCH3 is 1. The topological polar surface area (TPSA) is 61.8 Å². The number of esters is 1. The number of ether oxygens (including phenoxy) is 1. The molecular weight excluding hydrogens is 219 g/mol. The monoisotopic (exact) mass is 238 g/mol. The van der Waals surface area contributed by atoms with Crippen LogP contribution in [0.4, 0.5) is 0 Å². The van der Waals surface area contributed by atoms with Gasteiger partial charge in [0, 0.05) is 0 Å². The fourth-order valence-electron chi connectivity index (χ4n) is 1.10. The van der Waals surface area contributed by atoms with Crippen LogP contribution in [0.2, 0.25) is 0 Å². The van der Waals surface area contributed by atoms with Crippen molar-refractivity contribution in [3.8, 4) is 0 Å². The van der Waals surface area contributed by atoms with E-state index in [-0.39, 0.29) is 18.5 Å². The maximum atomic E-state index is 11.2. The lowest BCUT2D eigenvalue weighted by Crippen LogP contribution is -2.16. The quantitative estimate of drug-likeness (QED) is 0.478. The summed E-state index contributed by atoms with van der Waals surface area (Å²) in [4.78, 5) is 11.2. The minimum absolute atomic E-state index is 0.188. The average Bonchev–Trinajstić information content (AvgIpc) is 2.24. The van der Waals surface area contributed by atoms with Crippen LogP contribution in [0.15, 0.2) is 0 Å². The van der Waals surface area contributed by atoms with E-state index in [1.54, 1.807) is 6.92 Å². The summed E-state index contributed by atoms with van der Waals surface area (Å²) in [6.45, 7) is 4.26. The van der Waals surface area contributed by atoms with Crippen LogP contribution < -0.4 is 0 Å². The molecule has 0 saturated heterocycles. The minimum Gasteiger partial charge on any atom is -0.469 e. The molecule has 0 fully saturated rings. The SMILES string of the molecule is CCO[PH](=O)OCCC(CC)C(=O)OC. The van der Waals surface area contributed by atoms with Crippen molar-refractivity contribution in [1.82, 2.24) is 0 Å². The number of hydrogen-bond donors (Lipinski definition) is 0. The van der Waals surface area contributed by atoms with Crippen molar-refractivity contribution in [3.05, 3.63) is 0 Å². The molecule has 0 N–H and O–H groups in total. The van der Waals surface area contributed by atoms with Crippen molar-refractivity contribution in [1.29, 1.82) is 0 Å². The highest BCUT2D eigenvalue weighted by molar-refractivity contribution is 7.33. The van der Waals surface area contributed by atoms with E-state index in [0.717, 1.165) is 0 Å². The summed E-state index contributed by atoms with van der Waals surface area (Å²) in [6.07, 6.45) is 1.19. The number of carbonyl (C=O) groups is 1. The zero-order valence-corrected chi connectivity index (χ0v) is 10.4. The summed E-state index contributed by atoms with van der Waals surface area (Å²) < 4.78 is 25.3. The normalized spacial score (nSPS) is 14.6. The first kappa shape index (κ1) is 14.6. The molecule has 0 aromatic carbocycles. The van der Waals surface area contributed by atoms with Gasteiger partial charge in [0.15, 0.2) is 0 Å². The molecule has 0 radical (unpaired) electrons. The fourth-order valence-corrected chi connectivity index (χ4v) is 1.70. The van der Waals surface area contributed by atoms with Gasteiger partial charge in [-0.05, 0) is 19.8 Å². The Labute approximate surface area is 91.0 Å². The summed E-state index contributed by atoms with van der Waals surface area (Å²) in [5.74, 6) is -0.441. The summed E-state index contributed by atoms with van der Waals surface area (Å²) in [7, 11) is -1.02. The molecule has 0 aromatic rings. The van der Waals surface area contributed by atoms with Crippen molar-refractivity contribution in [2.45, 2.75) is 26.7 Å². The Morgan fingerprint density at radius 2 is 2.00 bits per heavy atom. The third-order valence-electron chi connectivity index (χ3n) is 1.98. The van der Waals surface area contributed by atoms with Gasteiger partial charge in [-0.25, -0.2) is 0 Å². The standard InChI is InChI=1S/C9H19O5P/c1-4-8(9(10)12-3)6-7-14-15(11)13-5-2/h8,15H,4-7H2,1-3H3. The van der Waals surface area contributed by atoms with Crippen molar-refractivity contribution in [2.24, 2.45) is 5.92 Å². The van der Waals surface area contributed by atoms with Gasteiger partial charge in [-0.2, -0.15) is 0 Å². The van der Waals surface area contributed by atoms with Crippen LogP contribution in [0, 0.1) is 5.92 Å². The van der Waals surface area contributed by atoms with E-state index in [4.69, 9.17) is 9.05 Å². The maximum absolute atomic E-state index is 11.2. The molecule has 15 heavy (non-hydrogen) atoms. The van der Waals surface area contributed by atoms with E-state index in [2.05, 4.69) is 4.74 Å². The summed E-state index contributed by atoms with van der Waals surface area (Å²) in [6, 6.07) is 0. The lowest BCUT2D eigenvalue weighted by molar-refractivity contribution is -0.146. The number of carbonyl (C=O) groups excluding carboxylic acids is 1. The highest BCUT2D eigenvalue weighted by atomic mass is 31.1. The van der Waals surface area contributed by atoms with Gasteiger partial charge in [0.1, 0.15) is 0 Å². The fraction of sp³-hybridized carbons (Fsp3) is 0.889. The molecule has 0 aromatic heterocycles. The average molecular weight is 238 g/mol. The molecule has 0 aliphatic carbocycles. The predicted octanol–water partition coefficient (Wildman–Crippen LogP) is 2.02. The molecule has 0 saturated carbocycles. The van der Waals surface area contributed by atoms with E-state index >= 15 is 0 Å². The van der Waals surface area contributed by atoms with Gasteiger partial charge in [-0.1, -0.05) is 6.92 Å². The smallest absolute Gasteiger partial charge is 0.319 e. The molecule has 90 valence electrons. The molecule has 0 bridgehead atoms. The summed E-state index contributed by atoms with van der Waals surface area (Å²) in [5.41, 5.74) is 0. The van der Waals surface area contributed by atoms with Crippen LogP contribution in [-0.2, 0) is 23.1 Å². The van der Waals surface area contributed by atoms with Gasteiger partial charge in [0.25, 0.3) is 0 Å². The van der Waals surface area contributed by atoms with E-state index in [9.17, 15) is 9.36 Å². The van der Waals surface area contributed by atoms with Crippen LogP contribution in [0.3, 0.4) is 0 Å². The zero-order chi connectivity index (χ0) is 11.7. The molecule has 2 unspecified atom stereocenters. The first-order valence-corrected chi connectivity index (χ1v) is 6.25. The first-order valence-electron chi connectivity index (χ1n) is 5.03. The number of hydrogen-bond acceptors (Lipinski definition) is 5. The van der Waals surface area contributed by atoms with Crippen LogP contribution in [0.5, 0.6) is 0 Å². The van der Waals surface area contributed by atoms with Crippen molar-refractivity contribution in [2.75, 3.05) is 20.3 Å². The van der Waals surface area contributed by atoms with Crippen molar-refractivity contribution >= 4 is 14.2 Å². The van der Waals surface area contributed by atoms with Gasteiger partial charge in [-0.3, -0.25) is 9.36 Å². The molecular formula is C9H19O5P. The minimum atomic E-state index is -2.38. The lowest BCUT2D eigenvalue weighted by Gasteiger charge is -2.11. The summed E-state index contributed by atoms with van der Waals surface area (Å²) >= 11 is 0. The largest absolute Gasteiger partial charge is 0.469 e. The Kier molecular flexibility index (Phi) is 8.67. The van der Waals surface area contributed by atoms with Gasteiger partial charge in [-0.15, -0.1) is 0 Å². The van der Waals surface area contributed by atoms with Gasteiger partial charge < -0.3 is 13.8 Å². The second-order valence-corrected chi connectivity index (χ2v) is 4.03. The van der Waals surface area contributed by atoms with E-state index < -0.39 is 8.25 Å². The Bertz CT molecular complexity index is 207. The van der Waals surface area contributed by atoms with Crippen LogP contribution in [0.1, 0.15) is 26.7 Å². The van der Waals surface area contributed by atoms with Crippen molar-refractivity contribution < 1.29 is 23.1 Å². The Morgan fingerprint density at radius 3 is 2.47 bits per heavy atom. The van der Waals surface area contributed by atoms with Crippen LogP contribution in [-0.4, -0.2) is 26.3 Å². The molecule has 5 nitrogen and oxygen atoms in total. The van der Waals surface area contributed by atoms with Crippen LogP contribution >= 0.6 is 8.25 Å². The molecule has 6 heteroatoms. The van der Waals surface area contributed by atoms with E-state index in [1.807, 2.05) is 6.92 Å². The summed E-state index contributed by atoms with van der Waals surface area (Å²) in [5, 5.41) is 0. The number of rotatable bonds is 8. The molecule has 0 aliphatic heterocycles. The molecule has 0 rings (SSSR count). The highest BCUT2D eigenvalue weighted by Gasteiger charge is 2.16. The predicted molar refractivity (Wildman–Crippen MR) is 57.0 cm³/mol. The Balaban J connectivity index is 3.72. The Morgan fingerprint density at radius 1 is 1.33 bits per heavy atom. The van der Waals surface area contributed by atoms with Gasteiger partial charge in [0.05, 0.1) is 26.2 Å². The van der Waals surface area contributed by atoms with Gasteiger partial charge in [0.2, 0.25) is 0 Å². The van der Waals surface area contributed by atoms with E-state index in [1.165, 1.54) is 7.11 Å². The third-order valence-corrected chi connectivity index (χ3v) is 2.94. The molecule has 2 atom stereocenters.